The molecule has 18 heavy (non-hydrogen) atoms. The molecule has 0 aliphatic heterocycles. The van der Waals surface area contributed by atoms with E-state index in [1.54, 1.807) is 5.38 Å². The first-order valence-corrected chi connectivity index (χ1v) is 6.22. The summed E-state index contributed by atoms with van der Waals surface area (Å²) in [5.41, 5.74) is 1.43. The van der Waals surface area contributed by atoms with E-state index < -0.39 is 17.8 Å². The molecule has 96 valence electrons. The Hall–Kier alpha value is -1.33. The Morgan fingerprint density at radius 2 is 1.72 bits per heavy atom. The summed E-state index contributed by atoms with van der Waals surface area (Å²) in [6.45, 7) is 1.86. The molecule has 1 atom stereocenters. The van der Waals surface area contributed by atoms with Crippen LogP contribution < -0.4 is 0 Å². The van der Waals surface area contributed by atoms with Crippen LogP contribution in [0.3, 0.4) is 0 Å². The molecule has 0 fully saturated rings. The molecule has 0 aliphatic rings. The summed E-state index contributed by atoms with van der Waals surface area (Å²) >= 11 is 1.46. The molecule has 0 bridgehead atoms. The minimum Gasteiger partial charge on any atom is -0.384 e. The third-order valence-electron chi connectivity index (χ3n) is 2.74. The maximum absolute atomic E-state index is 12.4. The molecule has 0 saturated heterocycles. The summed E-state index contributed by atoms with van der Waals surface area (Å²) < 4.78 is 37.2. The number of aliphatic hydroxyl groups is 1. The largest absolute Gasteiger partial charge is 0.416 e. The van der Waals surface area contributed by atoms with Crippen molar-refractivity contribution in [1.29, 1.82) is 0 Å². The number of rotatable bonds is 2. The van der Waals surface area contributed by atoms with Crippen molar-refractivity contribution in [2.24, 2.45) is 0 Å². The van der Waals surface area contributed by atoms with Crippen LogP contribution in [-0.4, -0.2) is 5.11 Å². The number of thiophene rings is 1. The van der Waals surface area contributed by atoms with Gasteiger partial charge < -0.3 is 5.11 Å². The number of halogens is 3. The minimum absolute atomic E-state index is 0.463. The van der Waals surface area contributed by atoms with Crippen LogP contribution in [0.15, 0.2) is 35.0 Å². The SMILES string of the molecule is Cc1cscc1C(O)c1ccc(C(F)(F)F)cc1. The highest BCUT2D eigenvalue weighted by atomic mass is 32.1. The zero-order valence-corrected chi connectivity index (χ0v) is 10.3. The van der Waals surface area contributed by atoms with Gasteiger partial charge >= 0.3 is 6.18 Å². The topological polar surface area (TPSA) is 20.2 Å². The average Bonchev–Trinajstić information content (AvgIpc) is 2.73. The third kappa shape index (κ3) is 2.57. The molecule has 2 rings (SSSR count). The second-order valence-corrected chi connectivity index (χ2v) is 4.78. The van der Waals surface area contributed by atoms with Gasteiger partial charge in [-0.3, -0.25) is 0 Å². The molecule has 0 radical (unpaired) electrons. The molecule has 1 unspecified atom stereocenters. The van der Waals surface area contributed by atoms with Crippen LogP contribution in [0.4, 0.5) is 13.2 Å². The van der Waals surface area contributed by atoms with Crippen molar-refractivity contribution < 1.29 is 18.3 Å². The van der Waals surface area contributed by atoms with E-state index in [2.05, 4.69) is 0 Å². The van der Waals surface area contributed by atoms with Gasteiger partial charge in [-0.25, -0.2) is 0 Å². The van der Waals surface area contributed by atoms with E-state index >= 15 is 0 Å². The Balaban J connectivity index is 2.28. The van der Waals surface area contributed by atoms with Crippen LogP contribution in [0.5, 0.6) is 0 Å². The van der Waals surface area contributed by atoms with Crippen LogP contribution in [0.25, 0.3) is 0 Å². The predicted octanol–water partition coefficient (Wildman–Crippen LogP) is 4.16. The number of aryl methyl sites for hydroxylation is 1. The lowest BCUT2D eigenvalue weighted by Gasteiger charge is -2.12. The maximum Gasteiger partial charge on any atom is 0.416 e. The van der Waals surface area contributed by atoms with Crippen LogP contribution >= 0.6 is 11.3 Å². The fraction of sp³-hybridized carbons (Fsp3) is 0.231. The first kappa shape index (κ1) is 13.1. The van der Waals surface area contributed by atoms with Gasteiger partial charge in [0, 0.05) is 0 Å². The summed E-state index contributed by atoms with van der Waals surface area (Å²) in [5.74, 6) is 0. The summed E-state index contributed by atoms with van der Waals surface area (Å²) in [4.78, 5) is 0. The summed E-state index contributed by atoms with van der Waals surface area (Å²) in [7, 11) is 0. The summed E-state index contributed by atoms with van der Waals surface area (Å²) in [6.07, 6.45) is -5.22. The Morgan fingerprint density at radius 1 is 1.11 bits per heavy atom. The highest BCUT2D eigenvalue weighted by Crippen LogP contribution is 2.32. The molecular weight excluding hydrogens is 261 g/mol. The van der Waals surface area contributed by atoms with E-state index in [4.69, 9.17) is 0 Å². The second-order valence-electron chi connectivity index (χ2n) is 4.03. The fourth-order valence-electron chi connectivity index (χ4n) is 1.68. The Bertz CT molecular complexity index is 528. The molecule has 1 nitrogen and oxygen atoms in total. The van der Waals surface area contributed by atoms with Gasteiger partial charge in [-0.05, 0) is 46.5 Å². The van der Waals surface area contributed by atoms with Gasteiger partial charge in [-0.1, -0.05) is 12.1 Å². The van der Waals surface area contributed by atoms with Gasteiger partial charge in [0.15, 0.2) is 0 Å². The first-order valence-electron chi connectivity index (χ1n) is 5.27. The lowest BCUT2D eigenvalue weighted by Crippen LogP contribution is -2.06. The molecule has 0 amide bonds. The smallest absolute Gasteiger partial charge is 0.384 e. The van der Waals surface area contributed by atoms with Crippen molar-refractivity contribution in [3.63, 3.8) is 0 Å². The predicted molar refractivity (Wildman–Crippen MR) is 64.6 cm³/mol. The number of benzene rings is 1. The molecule has 1 N–H and O–H groups in total. The summed E-state index contributed by atoms with van der Waals surface area (Å²) in [5, 5.41) is 13.8. The van der Waals surface area contributed by atoms with Crippen LogP contribution in [0.2, 0.25) is 0 Å². The van der Waals surface area contributed by atoms with E-state index in [0.29, 0.717) is 5.56 Å². The number of hydrogen-bond acceptors (Lipinski definition) is 2. The zero-order chi connectivity index (χ0) is 13.3. The number of aliphatic hydroxyl groups excluding tert-OH is 1. The summed E-state index contributed by atoms with van der Waals surface area (Å²) in [6, 6.07) is 4.59. The van der Waals surface area contributed by atoms with Crippen molar-refractivity contribution in [3.8, 4) is 0 Å². The van der Waals surface area contributed by atoms with E-state index in [0.717, 1.165) is 23.3 Å². The molecule has 2 aromatic rings. The fourth-order valence-corrected chi connectivity index (χ4v) is 2.55. The zero-order valence-electron chi connectivity index (χ0n) is 9.53. The number of hydrogen-bond donors (Lipinski definition) is 1. The molecule has 0 aliphatic carbocycles. The molecule has 5 heteroatoms. The molecule has 0 spiro atoms. The van der Waals surface area contributed by atoms with Crippen molar-refractivity contribution in [3.05, 3.63) is 57.3 Å². The van der Waals surface area contributed by atoms with E-state index in [1.165, 1.54) is 23.5 Å². The highest BCUT2D eigenvalue weighted by Gasteiger charge is 2.30. The van der Waals surface area contributed by atoms with Crippen LogP contribution in [0.1, 0.15) is 28.4 Å². The Labute approximate surface area is 107 Å². The standard InChI is InChI=1S/C13H11F3OS/c1-8-6-18-7-11(8)12(17)9-2-4-10(5-3-9)13(14,15)16/h2-7,12,17H,1H3. The Kier molecular flexibility index (Phi) is 3.45. The van der Waals surface area contributed by atoms with Gasteiger partial charge in [0.2, 0.25) is 0 Å². The van der Waals surface area contributed by atoms with Gasteiger partial charge in [0.25, 0.3) is 0 Å². The van der Waals surface area contributed by atoms with Crippen LogP contribution in [0, 0.1) is 6.92 Å². The second kappa shape index (κ2) is 4.74. The molecular formula is C13H11F3OS. The van der Waals surface area contributed by atoms with E-state index in [-0.39, 0.29) is 0 Å². The molecule has 0 saturated carbocycles. The van der Waals surface area contributed by atoms with Gasteiger partial charge in [0.1, 0.15) is 6.10 Å². The lowest BCUT2D eigenvalue weighted by molar-refractivity contribution is -0.137. The van der Waals surface area contributed by atoms with Crippen molar-refractivity contribution in [2.45, 2.75) is 19.2 Å². The minimum atomic E-state index is -4.35. The van der Waals surface area contributed by atoms with E-state index in [9.17, 15) is 18.3 Å². The van der Waals surface area contributed by atoms with Gasteiger partial charge in [-0.15, -0.1) is 0 Å². The van der Waals surface area contributed by atoms with Crippen molar-refractivity contribution in [2.75, 3.05) is 0 Å². The first-order chi connectivity index (χ1) is 8.39. The average molecular weight is 272 g/mol. The van der Waals surface area contributed by atoms with Crippen LogP contribution in [-0.2, 0) is 6.18 Å². The monoisotopic (exact) mass is 272 g/mol. The van der Waals surface area contributed by atoms with Gasteiger partial charge in [0.05, 0.1) is 5.56 Å². The molecule has 1 aromatic carbocycles. The third-order valence-corrected chi connectivity index (χ3v) is 3.62. The van der Waals surface area contributed by atoms with Gasteiger partial charge in [-0.2, -0.15) is 24.5 Å². The molecule has 1 heterocycles. The maximum atomic E-state index is 12.4. The Morgan fingerprint density at radius 3 is 2.17 bits per heavy atom. The molecule has 1 aromatic heterocycles. The quantitative estimate of drug-likeness (QED) is 0.870. The lowest BCUT2D eigenvalue weighted by atomic mass is 10.0. The van der Waals surface area contributed by atoms with E-state index in [1.807, 2.05) is 12.3 Å². The van der Waals surface area contributed by atoms with Crippen molar-refractivity contribution >= 4 is 11.3 Å². The van der Waals surface area contributed by atoms with Crippen molar-refractivity contribution in [1.82, 2.24) is 0 Å². The highest BCUT2D eigenvalue weighted by molar-refractivity contribution is 7.08. The normalized spacial score (nSPS) is 13.6. The number of alkyl halides is 3.